The predicted octanol–water partition coefficient (Wildman–Crippen LogP) is 0.571. The van der Waals surface area contributed by atoms with Crippen LogP contribution in [0.15, 0.2) is 12.2 Å². The van der Waals surface area contributed by atoms with E-state index in [9.17, 15) is 9.59 Å². The molecule has 2 fully saturated rings. The summed E-state index contributed by atoms with van der Waals surface area (Å²) in [6, 6.07) is 0. The second kappa shape index (κ2) is 3.56. The summed E-state index contributed by atoms with van der Waals surface area (Å²) < 4.78 is 4.48. The quantitative estimate of drug-likeness (QED) is 0.535. The molecule has 1 saturated carbocycles. The van der Waals surface area contributed by atoms with Crippen molar-refractivity contribution in [2.24, 2.45) is 17.8 Å². The van der Waals surface area contributed by atoms with Gasteiger partial charge in [-0.2, -0.15) is 0 Å². The minimum Gasteiger partial charge on any atom is -0.466 e. The summed E-state index contributed by atoms with van der Waals surface area (Å²) in [5.41, 5.74) is 0. The predicted molar refractivity (Wildman–Crippen MR) is 51.2 cm³/mol. The molecule has 0 spiro atoms. The lowest BCUT2D eigenvalue weighted by molar-refractivity contribution is -0.134. The number of fused-ring (bicyclic) bond motifs is 1. The van der Waals surface area contributed by atoms with Gasteiger partial charge in [0, 0.05) is 19.2 Å². The lowest BCUT2D eigenvalue weighted by Crippen LogP contribution is -2.29. The summed E-state index contributed by atoms with van der Waals surface area (Å²) >= 11 is 0. The maximum atomic E-state index is 10.8. The van der Waals surface area contributed by atoms with Crippen LogP contribution in [0.25, 0.3) is 0 Å². The van der Waals surface area contributed by atoms with Crippen molar-refractivity contribution in [2.75, 3.05) is 20.2 Å². The SMILES string of the molecule is COC(=O)/C=C/C1C2CN(C(=O)O)CC12. The van der Waals surface area contributed by atoms with Crippen LogP contribution in [0.5, 0.6) is 0 Å². The number of methoxy groups -OCH3 is 1. The molecule has 2 unspecified atom stereocenters. The summed E-state index contributed by atoms with van der Waals surface area (Å²) in [7, 11) is 1.34. The Morgan fingerprint density at radius 3 is 2.47 bits per heavy atom. The average molecular weight is 211 g/mol. The third kappa shape index (κ3) is 1.82. The molecule has 1 N–H and O–H groups in total. The molecule has 15 heavy (non-hydrogen) atoms. The van der Waals surface area contributed by atoms with Crippen LogP contribution in [0.2, 0.25) is 0 Å². The van der Waals surface area contributed by atoms with Gasteiger partial charge in [-0.25, -0.2) is 9.59 Å². The van der Waals surface area contributed by atoms with Crippen LogP contribution in [-0.4, -0.2) is 42.3 Å². The van der Waals surface area contributed by atoms with Gasteiger partial charge in [-0.15, -0.1) is 0 Å². The summed E-state index contributed by atoms with van der Waals surface area (Å²) in [5.74, 6) is 0.818. The number of piperidine rings is 1. The number of carbonyl (C=O) groups is 2. The third-order valence-corrected chi connectivity index (χ3v) is 3.19. The van der Waals surface area contributed by atoms with Crippen molar-refractivity contribution in [1.29, 1.82) is 0 Å². The second-order valence-electron chi connectivity index (χ2n) is 3.97. The molecule has 1 saturated heterocycles. The number of ether oxygens (including phenoxy) is 1. The van der Waals surface area contributed by atoms with E-state index < -0.39 is 6.09 Å². The van der Waals surface area contributed by atoms with Gasteiger partial charge in [0.05, 0.1) is 7.11 Å². The topological polar surface area (TPSA) is 66.8 Å². The van der Waals surface area contributed by atoms with Crippen LogP contribution in [0.3, 0.4) is 0 Å². The molecule has 1 heterocycles. The highest BCUT2D eigenvalue weighted by Gasteiger charge is 2.55. The number of allylic oxidation sites excluding steroid dienone is 1. The van der Waals surface area contributed by atoms with Gasteiger partial charge < -0.3 is 14.7 Å². The maximum absolute atomic E-state index is 10.8. The summed E-state index contributed by atoms with van der Waals surface area (Å²) in [6.07, 6.45) is 2.41. The fourth-order valence-electron chi connectivity index (χ4n) is 2.27. The van der Waals surface area contributed by atoms with E-state index in [1.165, 1.54) is 18.1 Å². The van der Waals surface area contributed by atoms with Gasteiger partial charge in [-0.05, 0) is 17.8 Å². The Bertz CT molecular complexity index is 313. The van der Waals surface area contributed by atoms with Crippen LogP contribution < -0.4 is 0 Å². The summed E-state index contributed by atoms with van der Waals surface area (Å²) in [4.78, 5) is 22.9. The normalized spacial score (nSPS) is 32.9. The van der Waals surface area contributed by atoms with Gasteiger partial charge in [0.15, 0.2) is 0 Å². The lowest BCUT2D eigenvalue weighted by Gasteiger charge is -2.14. The molecule has 0 aromatic carbocycles. The van der Waals surface area contributed by atoms with E-state index in [0.29, 0.717) is 30.8 Å². The highest BCUT2D eigenvalue weighted by molar-refractivity contribution is 5.81. The molecular formula is C10H13NO4. The number of hydrogen-bond donors (Lipinski definition) is 1. The van der Waals surface area contributed by atoms with Crippen molar-refractivity contribution in [3.05, 3.63) is 12.2 Å². The average Bonchev–Trinajstić information content (AvgIpc) is 2.67. The number of nitrogens with zero attached hydrogens (tertiary/aromatic N) is 1. The van der Waals surface area contributed by atoms with Gasteiger partial charge in [0.1, 0.15) is 0 Å². The summed E-state index contributed by atoms with van der Waals surface area (Å²) in [5, 5.41) is 8.73. The molecule has 2 rings (SSSR count). The van der Waals surface area contributed by atoms with E-state index in [1.807, 2.05) is 6.08 Å². The largest absolute Gasteiger partial charge is 0.466 e. The highest BCUT2D eigenvalue weighted by Crippen LogP contribution is 2.52. The van der Waals surface area contributed by atoms with Crippen LogP contribution in [0.4, 0.5) is 4.79 Å². The fourth-order valence-corrected chi connectivity index (χ4v) is 2.27. The zero-order valence-corrected chi connectivity index (χ0v) is 8.42. The molecule has 0 radical (unpaired) electrons. The minimum atomic E-state index is -0.849. The Hall–Kier alpha value is -1.52. The lowest BCUT2D eigenvalue weighted by atomic mass is 10.2. The van der Waals surface area contributed by atoms with Crippen molar-refractivity contribution < 1.29 is 19.4 Å². The Balaban J connectivity index is 1.82. The maximum Gasteiger partial charge on any atom is 0.407 e. The zero-order chi connectivity index (χ0) is 11.0. The van der Waals surface area contributed by atoms with Crippen LogP contribution in [0.1, 0.15) is 0 Å². The van der Waals surface area contributed by atoms with E-state index in [0.717, 1.165) is 0 Å². The fraction of sp³-hybridized carbons (Fsp3) is 0.600. The highest BCUT2D eigenvalue weighted by atomic mass is 16.5. The first-order valence-corrected chi connectivity index (χ1v) is 4.87. The third-order valence-electron chi connectivity index (χ3n) is 3.19. The smallest absolute Gasteiger partial charge is 0.407 e. The number of amides is 1. The van der Waals surface area contributed by atoms with Gasteiger partial charge in [-0.3, -0.25) is 0 Å². The van der Waals surface area contributed by atoms with Gasteiger partial charge >= 0.3 is 12.1 Å². The Kier molecular flexibility index (Phi) is 2.38. The van der Waals surface area contributed by atoms with Crippen molar-refractivity contribution in [3.8, 4) is 0 Å². The zero-order valence-electron chi connectivity index (χ0n) is 8.42. The molecule has 0 bridgehead atoms. The van der Waals surface area contributed by atoms with E-state index in [-0.39, 0.29) is 5.97 Å². The molecule has 1 aliphatic heterocycles. The monoisotopic (exact) mass is 211 g/mol. The Labute approximate surface area is 87.3 Å². The van der Waals surface area contributed by atoms with Crippen LogP contribution >= 0.6 is 0 Å². The van der Waals surface area contributed by atoms with Crippen molar-refractivity contribution in [1.82, 2.24) is 4.90 Å². The standard InChI is InChI=1S/C10H13NO4/c1-15-9(12)3-2-6-7-4-11(10(13)14)5-8(6)7/h2-3,6-8H,4-5H2,1H3,(H,13,14)/b3-2+. The van der Waals surface area contributed by atoms with E-state index in [4.69, 9.17) is 5.11 Å². The molecule has 1 aliphatic carbocycles. The van der Waals surface area contributed by atoms with Gasteiger partial charge in [0.2, 0.25) is 0 Å². The van der Waals surface area contributed by atoms with Crippen molar-refractivity contribution >= 4 is 12.1 Å². The van der Waals surface area contributed by atoms with E-state index in [1.54, 1.807) is 0 Å². The Morgan fingerprint density at radius 1 is 1.40 bits per heavy atom. The second-order valence-corrected chi connectivity index (χ2v) is 3.97. The number of rotatable bonds is 2. The van der Waals surface area contributed by atoms with E-state index in [2.05, 4.69) is 4.74 Å². The Morgan fingerprint density at radius 2 is 2.00 bits per heavy atom. The molecular weight excluding hydrogens is 198 g/mol. The number of carboxylic acid groups (broad SMARTS) is 1. The molecule has 1 amide bonds. The molecule has 82 valence electrons. The molecule has 2 atom stereocenters. The van der Waals surface area contributed by atoms with Crippen molar-refractivity contribution in [3.63, 3.8) is 0 Å². The molecule has 0 aromatic rings. The summed E-state index contributed by atoms with van der Waals surface area (Å²) in [6.45, 7) is 1.19. The first kappa shape index (κ1) is 10.0. The first-order valence-electron chi connectivity index (χ1n) is 4.87. The number of esters is 1. The van der Waals surface area contributed by atoms with Crippen molar-refractivity contribution in [2.45, 2.75) is 0 Å². The molecule has 2 aliphatic rings. The number of hydrogen-bond acceptors (Lipinski definition) is 3. The van der Waals surface area contributed by atoms with Gasteiger partial charge in [0.25, 0.3) is 0 Å². The molecule has 5 nitrogen and oxygen atoms in total. The van der Waals surface area contributed by atoms with Crippen LogP contribution in [0, 0.1) is 17.8 Å². The number of likely N-dealkylation sites (tertiary alicyclic amines) is 1. The minimum absolute atomic E-state index is 0.352. The number of carbonyl (C=O) groups excluding carboxylic acids is 1. The van der Waals surface area contributed by atoms with E-state index >= 15 is 0 Å². The van der Waals surface area contributed by atoms with Gasteiger partial charge in [-0.1, -0.05) is 6.08 Å². The first-order chi connectivity index (χ1) is 7.13. The molecule has 0 aromatic heterocycles. The van der Waals surface area contributed by atoms with Crippen LogP contribution in [-0.2, 0) is 9.53 Å². The molecule has 5 heteroatoms.